The van der Waals surface area contributed by atoms with Gasteiger partial charge in [0.1, 0.15) is 0 Å². The first kappa shape index (κ1) is 19.3. The van der Waals surface area contributed by atoms with E-state index in [1.165, 1.54) is 11.8 Å². The van der Waals surface area contributed by atoms with Crippen LogP contribution in [-0.4, -0.2) is 33.7 Å². The summed E-state index contributed by atoms with van der Waals surface area (Å²) in [5, 5.41) is 34.9. The maximum absolute atomic E-state index is 11.0. The maximum Gasteiger partial charge on any atom is 0.306 e. The minimum atomic E-state index is -0.886. The first-order valence-electron chi connectivity index (χ1n) is 6.80. The van der Waals surface area contributed by atoms with Gasteiger partial charge in [0.15, 0.2) is 0 Å². The zero-order valence-electron chi connectivity index (χ0n) is 11.8. The van der Waals surface area contributed by atoms with Crippen molar-refractivity contribution in [2.24, 2.45) is 11.8 Å². The smallest absolute Gasteiger partial charge is 0.306 e. The van der Waals surface area contributed by atoms with Crippen LogP contribution in [0.3, 0.4) is 0 Å². The van der Waals surface area contributed by atoms with Gasteiger partial charge in [-0.3, -0.25) is 9.59 Å². The Bertz CT molecular complexity index is 376. The molecule has 0 rings (SSSR count). The predicted molar refractivity (Wildman–Crippen MR) is 78.5 cm³/mol. The third kappa shape index (κ3) is 9.75. The molecule has 0 saturated heterocycles. The molecule has 0 fully saturated rings. The lowest BCUT2D eigenvalue weighted by Gasteiger charge is -2.12. The highest BCUT2D eigenvalue weighted by Crippen LogP contribution is 2.19. The molecule has 2 atom stereocenters. The molecule has 0 aliphatic rings. The number of nitriles is 2. The van der Waals surface area contributed by atoms with E-state index in [2.05, 4.69) is 0 Å². The number of hydrogen-bond acceptors (Lipinski definition) is 5. The van der Waals surface area contributed by atoms with Crippen molar-refractivity contribution in [2.45, 2.75) is 38.5 Å². The Labute approximate surface area is 128 Å². The van der Waals surface area contributed by atoms with Crippen LogP contribution in [-0.2, 0) is 9.59 Å². The van der Waals surface area contributed by atoms with Crippen molar-refractivity contribution in [3.8, 4) is 12.1 Å². The summed E-state index contributed by atoms with van der Waals surface area (Å²) in [5.74, 6) is -1.52. The molecule has 6 nitrogen and oxygen atoms in total. The fourth-order valence-electron chi connectivity index (χ4n) is 1.81. The Hall–Kier alpha value is -1.73. The summed E-state index contributed by atoms with van der Waals surface area (Å²) in [6.45, 7) is 0. The average Bonchev–Trinajstić information content (AvgIpc) is 2.44. The summed E-state index contributed by atoms with van der Waals surface area (Å²) in [7, 11) is 0. The standard InChI is InChI=1S/C14H20N2O4S/c15-7-1-3-11(13(17)18)5-9-21-10-6-12(14(19)20)4-2-8-16/h11-12H,1-6,9-10H2,(H,17,18)(H,19,20). The zero-order chi connectivity index (χ0) is 16.1. The van der Waals surface area contributed by atoms with Gasteiger partial charge in [-0.25, -0.2) is 0 Å². The second kappa shape index (κ2) is 12.0. The van der Waals surface area contributed by atoms with Crippen LogP contribution in [0.15, 0.2) is 0 Å². The van der Waals surface area contributed by atoms with E-state index in [0.717, 1.165) is 0 Å². The Kier molecular flexibility index (Phi) is 11.1. The van der Waals surface area contributed by atoms with Crippen molar-refractivity contribution in [2.75, 3.05) is 11.5 Å². The topological polar surface area (TPSA) is 122 Å². The lowest BCUT2D eigenvalue weighted by Crippen LogP contribution is -2.16. The normalized spacial score (nSPS) is 12.9. The number of hydrogen-bond donors (Lipinski definition) is 2. The van der Waals surface area contributed by atoms with Crippen LogP contribution < -0.4 is 0 Å². The number of nitrogens with zero attached hydrogens (tertiary/aromatic N) is 2. The second-order valence-electron chi connectivity index (χ2n) is 4.65. The van der Waals surface area contributed by atoms with E-state index in [1.807, 2.05) is 12.1 Å². The van der Waals surface area contributed by atoms with Gasteiger partial charge in [0.25, 0.3) is 0 Å². The molecule has 0 saturated carbocycles. The van der Waals surface area contributed by atoms with Gasteiger partial charge in [0, 0.05) is 12.8 Å². The summed E-state index contributed by atoms with van der Waals surface area (Å²) < 4.78 is 0. The molecule has 2 N–H and O–H groups in total. The van der Waals surface area contributed by atoms with Crippen LogP contribution in [0.5, 0.6) is 0 Å². The number of aliphatic carboxylic acids is 2. The zero-order valence-corrected chi connectivity index (χ0v) is 12.6. The van der Waals surface area contributed by atoms with E-state index in [9.17, 15) is 9.59 Å². The fraction of sp³-hybridized carbons (Fsp3) is 0.714. The quantitative estimate of drug-likeness (QED) is 0.531. The molecule has 21 heavy (non-hydrogen) atoms. The van der Waals surface area contributed by atoms with Crippen LogP contribution in [0.4, 0.5) is 0 Å². The predicted octanol–water partition coefficient (Wildman–Crippen LogP) is 2.51. The molecule has 0 aromatic heterocycles. The molecule has 2 unspecified atom stereocenters. The maximum atomic E-state index is 11.0. The number of carbonyl (C=O) groups is 2. The van der Waals surface area contributed by atoms with E-state index in [1.54, 1.807) is 0 Å². The summed E-state index contributed by atoms with van der Waals surface area (Å²) in [6, 6.07) is 3.88. The van der Waals surface area contributed by atoms with Crippen LogP contribution in [0, 0.1) is 34.5 Å². The number of rotatable bonds is 12. The highest BCUT2D eigenvalue weighted by molar-refractivity contribution is 7.99. The monoisotopic (exact) mass is 312 g/mol. The number of carboxylic acids is 2. The lowest BCUT2D eigenvalue weighted by atomic mass is 10.0. The second-order valence-corrected chi connectivity index (χ2v) is 5.88. The van der Waals surface area contributed by atoms with Gasteiger partial charge in [-0.1, -0.05) is 0 Å². The first-order valence-corrected chi connectivity index (χ1v) is 7.95. The van der Waals surface area contributed by atoms with E-state index >= 15 is 0 Å². The van der Waals surface area contributed by atoms with E-state index in [4.69, 9.17) is 20.7 Å². The van der Waals surface area contributed by atoms with E-state index in [0.29, 0.717) is 37.2 Å². The third-order valence-electron chi connectivity index (χ3n) is 3.13. The number of thioether (sulfide) groups is 1. The fourth-order valence-corrected chi connectivity index (χ4v) is 2.92. The van der Waals surface area contributed by atoms with Crippen LogP contribution >= 0.6 is 11.8 Å². The Morgan fingerprint density at radius 1 is 0.857 bits per heavy atom. The summed E-state index contributed by atoms with van der Waals surface area (Å²) in [6.07, 6.45) is 2.14. The van der Waals surface area contributed by atoms with Crippen molar-refractivity contribution in [1.82, 2.24) is 0 Å². The molecule has 0 radical (unpaired) electrons. The Morgan fingerprint density at radius 2 is 1.24 bits per heavy atom. The number of carboxylic acid groups (broad SMARTS) is 2. The van der Waals surface area contributed by atoms with Gasteiger partial charge < -0.3 is 10.2 Å². The molecule has 0 heterocycles. The lowest BCUT2D eigenvalue weighted by molar-refractivity contribution is -0.142. The summed E-state index contributed by atoms with van der Waals surface area (Å²) in [5.41, 5.74) is 0. The van der Waals surface area contributed by atoms with Crippen molar-refractivity contribution in [3.63, 3.8) is 0 Å². The highest BCUT2D eigenvalue weighted by atomic mass is 32.2. The molecular weight excluding hydrogens is 292 g/mol. The molecule has 0 aliphatic heterocycles. The summed E-state index contributed by atoms with van der Waals surface area (Å²) >= 11 is 1.52. The minimum Gasteiger partial charge on any atom is -0.481 e. The molecule has 0 aromatic rings. The van der Waals surface area contributed by atoms with Crippen LogP contribution in [0.2, 0.25) is 0 Å². The first-order chi connectivity index (χ1) is 10.0. The third-order valence-corrected chi connectivity index (χ3v) is 4.18. The Morgan fingerprint density at radius 3 is 1.52 bits per heavy atom. The van der Waals surface area contributed by atoms with Crippen molar-refractivity contribution in [1.29, 1.82) is 10.5 Å². The molecule has 0 amide bonds. The van der Waals surface area contributed by atoms with E-state index in [-0.39, 0.29) is 12.8 Å². The van der Waals surface area contributed by atoms with Gasteiger partial charge in [-0.15, -0.1) is 0 Å². The molecule has 116 valence electrons. The molecular formula is C14H20N2O4S. The van der Waals surface area contributed by atoms with Crippen LogP contribution in [0.1, 0.15) is 38.5 Å². The molecule has 0 aliphatic carbocycles. The van der Waals surface area contributed by atoms with Gasteiger partial charge in [0.2, 0.25) is 0 Å². The molecule has 7 heteroatoms. The van der Waals surface area contributed by atoms with Crippen LogP contribution in [0.25, 0.3) is 0 Å². The average molecular weight is 312 g/mol. The largest absolute Gasteiger partial charge is 0.481 e. The van der Waals surface area contributed by atoms with Crippen molar-refractivity contribution in [3.05, 3.63) is 0 Å². The summed E-state index contributed by atoms with van der Waals surface area (Å²) in [4.78, 5) is 21.9. The molecule has 0 bridgehead atoms. The molecule has 0 aromatic carbocycles. The minimum absolute atomic E-state index is 0.233. The van der Waals surface area contributed by atoms with Gasteiger partial charge in [-0.2, -0.15) is 22.3 Å². The van der Waals surface area contributed by atoms with Gasteiger partial charge >= 0.3 is 11.9 Å². The Balaban J connectivity index is 3.91. The highest BCUT2D eigenvalue weighted by Gasteiger charge is 2.18. The van der Waals surface area contributed by atoms with E-state index < -0.39 is 23.8 Å². The van der Waals surface area contributed by atoms with Gasteiger partial charge in [-0.05, 0) is 37.2 Å². The van der Waals surface area contributed by atoms with Gasteiger partial charge in [0.05, 0.1) is 24.0 Å². The van der Waals surface area contributed by atoms with Crippen molar-refractivity contribution < 1.29 is 19.8 Å². The SMILES string of the molecule is N#CCCC(CCSCCC(CCC#N)C(=O)O)C(=O)O. The molecule has 0 spiro atoms. The van der Waals surface area contributed by atoms with Crippen molar-refractivity contribution >= 4 is 23.7 Å².